The van der Waals surface area contributed by atoms with Crippen molar-refractivity contribution in [2.24, 2.45) is 5.73 Å². The zero-order valence-electron chi connectivity index (χ0n) is 10.6. The van der Waals surface area contributed by atoms with Gasteiger partial charge in [0.2, 0.25) is 0 Å². The standard InChI is InChI=1S/C15H15BrFNO/c1-10-2-5-15(14(16)6-10)19-9-11-3-4-13(17)7-12(11)8-18/h2-7H,8-9,18H2,1H3. The maximum atomic E-state index is 13.1. The third-order valence-electron chi connectivity index (χ3n) is 2.86. The van der Waals surface area contributed by atoms with Gasteiger partial charge < -0.3 is 10.5 Å². The summed E-state index contributed by atoms with van der Waals surface area (Å²) in [5, 5.41) is 0. The van der Waals surface area contributed by atoms with Crippen LogP contribution in [0.1, 0.15) is 16.7 Å². The molecule has 0 heterocycles. The van der Waals surface area contributed by atoms with Gasteiger partial charge in [-0.25, -0.2) is 4.39 Å². The van der Waals surface area contributed by atoms with E-state index in [1.807, 2.05) is 25.1 Å². The lowest BCUT2D eigenvalue weighted by molar-refractivity contribution is 0.303. The van der Waals surface area contributed by atoms with Crippen molar-refractivity contribution in [1.29, 1.82) is 0 Å². The lowest BCUT2D eigenvalue weighted by Crippen LogP contribution is -2.05. The molecule has 0 aliphatic carbocycles. The van der Waals surface area contributed by atoms with E-state index in [-0.39, 0.29) is 5.82 Å². The summed E-state index contributed by atoms with van der Waals surface area (Å²) in [6, 6.07) is 10.5. The maximum absolute atomic E-state index is 13.1. The molecule has 0 aliphatic heterocycles. The highest BCUT2D eigenvalue weighted by atomic mass is 79.9. The molecule has 0 aliphatic rings. The van der Waals surface area contributed by atoms with Crippen molar-refractivity contribution >= 4 is 15.9 Å². The van der Waals surface area contributed by atoms with E-state index in [1.54, 1.807) is 6.07 Å². The van der Waals surface area contributed by atoms with Crippen molar-refractivity contribution in [1.82, 2.24) is 0 Å². The molecule has 2 rings (SSSR count). The van der Waals surface area contributed by atoms with Crippen LogP contribution < -0.4 is 10.5 Å². The highest BCUT2D eigenvalue weighted by molar-refractivity contribution is 9.10. The molecule has 0 atom stereocenters. The summed E-state index contributed by atoms with van der Waals surface area (Å²) in [5.74, 6) is 0.485. The van der Waals surface area contributed by atoms with Crippen molar-refractivity contribution < 1.29 is 9.13 Å². The van der Waals surface area contributed by atoms with Crippen LogP contribution in [0, 0.1) is 12.7 Å². The van der Waals surface area contributed by atoms with Crippen LogP contribution in [0.3, 0.4) is 0 Å². The van der Waals surface area contributed by atoms with E-state index in [0.29, 0.717) is 13.2 Å². The van der Waals surface area contributed by atoms with Crippen LogP contribution in [0.25, 0.3) is 0 Å². The molecule has 0 unspecified atom stereocenters. The highest BCUT2D eigenvalue weighted by Gasteiger charge is 2.06. The second kappa shape index (κ2) is 6.17. The predicted molar refractivity (Wildman–Crippen MR) is 77.5 cm³/mol. The average Bonchev–Trinajstić information content (AvgIpc) is 2.39. The first kappa shape index (κ1) is 14.0. The lowest BCUT2D eigenvalue weighted by Gasteiger charge is -2.11. The van der Waals surface area contributed by atoms with Crippen LogP contribution >= 0.6 is 15.9 Å². The number of ether oxygens (including phenoxy) is 1. The van der Waals surface area contributed by atoms with Crippen LogP contribution in [0.15, 0.2) is 40.9 Å². The van der Waals surface area contributed by atoms with Gasteiger partial charge in [0.15, 0.2) is 0 Å². The van der Waals surface area contributed by atoms with E-state index in [1.165, 1.54) is 12.1 Å². The minimum Gasteiger partial charge on any atom is -0.488 e. The normalized spacial score (nSPS) is 10.5. The van der Waals surface area contributed by atoms with Gasteiger partial charge in [-0.1, -0.05) is 12.1 Å². The maximum Gasteiger partial charge on any atom is 0.134 e. The topological polar surface area (TPSA) is 35.2 Å². The summed E-state index contributed by atoms with van der Waals surface area (Å²) in [6.07, 6.45) is 0. The Morgan fingerprint density at radius 2 is 1.95 bits per heavy atom. The first-order chi connectivity index (χ1) is 9.10. The van der Waals surface area contributed by atoms with E-state index >= 15 is 0 Å². The number of nitrogens with two attached hydrogens (primary N) is 1. The summed E-state index contributed by atoms with van der Waals surface area (Å²) in [4.78, 5) is 0. The molecule has 2 aromatic rings. The summed E-state index contributed by atoms with van der Waals surface area (Å²) < 4.78 is 19.7. The Balaban J connectivity index is 2.14. The molecule has 2 N–H and O–H groups in total. The largest absolute Gasteiger partial charge is 0.488 e. The summed E-state index contributed by atoms with van der Waals surface area (Å²) in [6.45, 7) is 2.68. The van der Waals surface area contributed by atoms with Gasteiger partial charge in [0.1, 0.15) is 18.2 Å². The molecule has 4 heteroatoms. The lowest BCUT2D eigenvalue weighted by atomic mass is 10.1. The molecular weight excluding hydrogens is 309 g/mol. The van der Waals surface area contributed by atoms with Gasteiger partial charge in [0.25, 0.3) is 0 Å². The number of hydrogen-bond acceptors (Lipinski definition) is 2. The third kappa shape index (κ3) is 3.55. The Labute approximate surface area is 120 Å². The number of halogens is 2. The van der Waals surface area contributed by atoms with E-state index in [4.69, 9.17) is 10.5 Å². The van der Waals surface area contributed by atoms with E-state index < -0.39 is 0 Å². The van der Waals surface area contributed by atoms with E-state index in [2.05, 4.69) is 15.9 Å². The minimum absolute atomic E-state index is 0.277. The summed E-state index contributed by atoms with van der Waals surface area (Å²) >= 11 is 3.46. The fraction of sp³-hybridized carbons (Fsp3) is 0.200. The molecule has 0 fully saturated rings. The van der Waals surface area contributed by atoms with Gasteiger partial charge in [-0.05, 0) is 63.8 Å². The first-order valence-electron chi connectivity index (χ1n) is 5.96. The number of benzene rings is 2. The molecule has 19 heavy (non-hydrogen) atoms. The smallest absolute Gasteiger partial charge is 0.134 e. The van der Waals surface area contributed by atoms with Crippen LogP contribution in [0.5, 0.6) is 5.75 Å². The number of hydrogen-bond donors (Lipinski definition) is 1. The highest BCUT2D eigenvalue weighted by Crippen LogP contribution is 2.27. The van der Waals surface area contributed by atoms with Crippen molar-refractivity contribution in [3.63, 3.8) is 0 Å². The molecular formula is C15H15BrFNO. The Hall–Kier alpha value is -1.39. The molecule has 2 aromatic carbocycles. The zero-order valence-corrected chi connectivity index (χ0v) is 12.2. The summed E-state index contributed by atoms with van der Waals surface area (Å²) in [7, 11) is 0. The molecule has 0 amide bonds. The second-order valence-corrected chi connectivity index (χ2v) is 5.19. The minimum atomic E-state index is -0.277. The van der Waals surface area contributed by atoms with Crippen molar-refractivity contribution in [2.45, 2.75) is 20.1 Å². The molecule has 2 nitrogen and oxygen atoms in total. The van der Waals surface area contributed by atoms with Crippen LogP contribution in [-0.2, 0) is 13.2 Å². The molecule has 0 aromatic heterocycles. The molecule has 0 spiro atoms. The van der Waals surface area contributed by atoms with Gasteiger partial charge >= 0.3 is 0 Å². The fourth-order valence-electron chi connectivity index (χ4n) is 1.80. The van der Waals surface area contributed by atoms with Crippen LogP contribution in [0.2, 0.25) is 0 Å². The Morgan fingerprint density at radius 1 is 1.16 bits per heavy atom. The second-order valence-electron chi connectivity index (χ2n) is 4.34. The molecule has 0 saturated carbocycles. The molecule has 0 radical (unpaired) electrons. The molecule has 100 valence electrons. The molecule has 0 saturated heterocycles. The Morgan fingerprint density at radius 3 is 2.63 bits per heavy atom. The average molecular weight is 324 g/mol. The Bertz CT molecular complexity index is 586. The van der Waals surface area contributed by atoms with Crippen molar-refractivity contribution in [2.75, 3.05) is 0 Å². The zero-order chi connectivity index (χ0) is 13.8. The van der Waals surface area contributed by atoms with Gasteiger partial charge in [-0.15, -0.1) is 0 Å². The van der Waals surface area contributed by atoms with Gasteiger partial charge in [-0.3, -0.25) is 0 Å². The SMILES string of the molecule is Cc1ccc(OCc2ccc(F)cc2CN)c(Br)c1. The predicted octanol–water partition coefficient (Wildman–Crippen LogP) is 3.93. The van der Waals surface area contributed by atoms with Gasteiger partial charge in [0, 0.05) is 6.54 Å². The van der Waals surface area contributed by atoms with E-state index in [0.717, 1.165) is 26.9 Å². The number of rotatable bonds is 4. The van der Waals surface area contributed by atoms with Crippen LogP contribution in [0.4, 0.5) is 4.39 Å². The van der Waals surface area contributed by atoms with Gasteiger partial charge in [-0.2, -0.15) is 0 Å². The van der Waals surface area contributed by atoms with Crippen molar-refractivity contribution in [3.05, 3.63) is 63.4 Å². The monoisotopic (exact) mass is 323 g/mol. The van der Waals surface area contributed by atoms with Crippen LogP contribution in [-0.4, -0.2) is 0 Å². The van der Waals surface area contributed by atoms with Crippen molar-refractivity contribution in [3.8, 4) is 5.75 Å². The fourth-order valence-corrected chi connectivity index (χ4v) is 2.41. The number of aryl methyl sites for hydroxylation is 1. The van der Waals surface area contributed by atoms with Gasteiger partial charge in [0.05, 0.1) is 4.47 Å². The summed E-state index contributed by atoms with van der Waals surface area (Å²) in [5.41, 5.74) is 8.43. The quantitative estimate of drug-likeness (QED) is 0.925. The van der Waals surface area contributed by atoms with E-state index in [9.17, 15) is 4.39 Å². The Kier molecular flexibility index (Phi) is 4.56. The first-order valence-corrected chi connectivity index (χ1v) is 6.76. The molecule has 0 bridgehead atoms. The third-order valence-corrected chi connectivity index (χ3v) is 3.48.